The molecule has 0 fully saturated rings. The van der Waals surface area contributed by atoms with Crippen LogP contribution >= 0.6 is 33.8 Å². The van der Waals surface area contributed by atoms with E-state index in [1.807, 2.05) is 0 Å². The normalized spacial score (nSPS) is 13.2. The van der Waals surface area contributed by atoms with E-state index in [2.05, 4.69) is 21.4 Å². The Morgan fingerprint density at radius 2 is 0.944 bits per heavy atom. The van der Waals surface area contributed by atoms with Gasteiger partial charge in [-0.25, -0.2) is 0 Å². The van der Waals surface area contributed by atoms with E-state index in [0.29, 0.717) is 0 Å². The molecule has 0 aliphatic heterocycles. The monoisotopic (exact) mass is 374 g/mol. The predicted octanol–water partition coefficient (Wildman–Crippen LogP) is 0.346. The van der Waals surface area contributed by atoms with E-state index in [9.17, 15) is 16.8 Å². The van der Waals surface area contributed by atoms with Gasteiger partial charge < -0.3 is 0 Å². The van der Waals surface area contributed by atoms with Crippen LogP contribution in [-0.2, 0) is 28.9 Å². The molecule has 12 heteroatoms. The summed E-state index contributed by atoms with van der Waals surface area (Å²) in [5.74, 6) is 0. The Morgan fingerprint density at radius 3 is 1.06 bits per heavy atom. The summed E-state index contributed by atoms with van der Waals surface area (Å²) in [6.45, 7) is 0. The molecule has 104 valence electrons. The Hall–Kier alpha value is -0.320. The molecule has 1 rings (SSSR count). The first-order valence-corrected chi connectivity index (χ1v) is 8.82. The molecule has 6 nitrogen and oxygen atoms in total. The standard InChI is InChI=1S/C6H4O4S2.Cl2O2S.ClH/c7-11(8)5-1-2-6(4-3-5)12(9)10;1-5(2,3)4;/h1-4H;;1H. The van der Waals surface area contributed by atoms with Crippen LogP contribution in [0.15, 0.2) is 24.3 Å². The Morgan fingerprint density at radius 1 is 0.778 bits per heavy atom. The second kappa shape index (κ2) is 8.73. The molecule has 1 aliphatic carbocycles. The summed E-state index contributed by atoms with van der Waals surface area (Å²) < 4.78 is 59.6. The van der Waals surface area contributed by atoms with E-state index in [1.165, 1.54) is 24.3 Å². The Labute approximate surface area is 121 Å². The van der Waals surface area contributed by atoms with Crippen molar-refractivity contribution in [2.75, 3.05) is 0 Å². The number of allylic oxidation sites excluding steroid dienone is 4. The zero-order valence-corrected chi connectivity index (χ0v) is 12.9. The van der Waals surface area contributed by atoms with Gasteiger partial charge in [-0.2, -0.15) is 25.3 Å². The van der Waals surface area contributed by atoms with Crippen molar-refractivity contribution in [1.82, 2.24) is 0 Å². The van der Waals surface area contributed by atoms with Crippen LogP contribution in [0.25, 0.3) is 0 Å². The summed E-state index contributed by atoms with van der Waals surface area (Å²) >= 11 is 0. The van der Waals surface area contributed by atoms with Gasteiger partial charge in [0.15, 0.2) is 0 Å². The number of hydrogen-bond donors (Lipinski definition) is 0. The Bertz CT molecular complexity index is 633. The van der Waals surface area contributed by atoms with Crippen molar-refractivity contribution in [2.24, 2.45) is 0 Å². The Kier molecular flexibility index (Phi) is 9.70. The van der Waals surface area contributed by atoms with Crippen LogP contribution in [0.2, 0.25) is 0 Å². The topological polar surface area (TPSA) is 102 Å². The molecule has 0 atom stereocenters. The highest BCUT2D eigenvalue weighted by Crippen LogP contribution is 1.98. The molecule has 0 amide bonds. The van der Waals surface area contributed by atoms with Gasteiger partial charge in [0, 0.05) is 21.4 Å². The average Bonchev–Trinajstić information content (AvgIpc) is 2.15. The highest BCUT2D eigenvalue weighted by Gasteiger charge is 2.00. The lowest BCUT2D eigenvalue weighted by Crippen LogP contribution is -2.01. The van der Waals surface area contributed by atoms with Crippen LogP contribution in [0.3, 0.4) is 0 Å². The average molecular weight is 376 g/mol. The van der Waals surface area contributed by atoms with Crippen LogP contribution in [0.1, 0.15) is 0 Å². The summed E-state index contributed by atoms with van der Waals surface area (Å²) in [4.78, 5) is 0.147. The molecule has 0 spiro atoms. The minimum absolute atomic E-state index is 0. The van der Waals surface area contributed by atoms with E-state index in [4.69, 9.17) is 8.42 Å². The lowest BCUT2D eigenvalue weighted by atomic mass is 10.2. The molecule has 0 bridgehead atoms. The lowest BCUT2D eigenvalue weighted by molar-refractivity contribution is 0.621. The van der Waals surface area contributed by atoms with Gasteiger partial charge in [0.25, 0.3) is 0 Å². The molecule has 0 saturated carbocycles. The van der Waals surface area contributed by atoms with Crippen molar-refractivity contribution >= 4 is 72.4 Å². The molecule has 0 N–H and O–H groups in total. The smallest absolute Gasteiger partial charge is 0.195 e. The fourth-order valence-corrected chi connectivity index (χ4v) is 1.38. The lowest BCUT2D eigenvalue weighted by Gasteiger charge is -1.92. The largest absolute Gasteiger partial charge is 0.317 e. The van der Waals surface area contributed by atoms with Gasteiger partial charge in [-0.3, -0.25) is 0 Å². The van der Waals surface area contributed by atoms with Crippen molar-refractivity contribution in [3.8, 4) is 0 Å². The van der Waals surface area contributed by atoms with Gasteiger partial charge in [0.05, 0.1) is 9.73 Å². The molecule has 1 aliphatic rings. The number of rotatable bonds is 0. The summed E-state index contributed by atoms with van der Waals surface area (Å²) in [5.41, 5.74) is 0. The van der Waals surface area contributed by atoms with Crippen molar-refractivity contribution in [3.63, 3.8) is 0 Å². The third-order valence-electron chi connectivity index (χ3n) is 1.21. The maximum Gasteiger partial charge on any atom is 0.317 e. The number of hydrogen-bond acceptors (Lipinski definition) is 6. The first kappa shape index (κ1) is 20.0. The van der Waals surface area contributed by atoms with E-state index in [-0.39, 0.29) is 22.1 Å². The quantitative estimate of drug-likeness (QED) is 0.447. The van der Waals surface area contributed by atoms with Crippen LogP contribution < -0.4 is 0 Å². The zero-order valence-electron chi connectivity index (χ0n) is 8.15. The van der Waals surface area contributed by atoms with E-state index in [0.717, 1.165) is 0 Å². The molecule has 0 aromatic rings. The maximum atomic E-state index is 10.3. The molecular weight excluding hydrogens is 371 g/mol. The maximum absolute atomic E-state index is 10.3. The van der Waals surface area contributed by atoms with Crippen LogP contribution in [-0.4, -0.2) is 35.0 Å². The summed E-state index contributed by atoms with van der Waals surface area (Å²) in [7, 11) is 0.210. The fraction of sp³-hybridized carbons (Fsp3) is 0. The van der Waals surface area contributed by atoms with Gasteiger partial charge in [0.1, 0.15) is 0 Å². The van der Waals surface area contributed by atoms with Gasteiger partial charge in [-0.05, 0) is 24.3 Å². The minimum atomic E-state index is -3.72. The molecule has 0 aromatic carbocycles. The minimum Gasteiger partial charge on any atom is -0.195 e. The van der Waals surface area contributed by atoms with Gasteiger partial charge in [-0.15, -0.1) is 12.4 Å². The highest BCUT2D eigenvalue weighted by atomic mass is 36.0. The highest BCUT2D eigenvalue weighted by molar-refractivity contribution is 8.31. The van der Waals surface area contributed by atoms with E-state index >= 15 is 0 Å². The zero-order chi connectivity index (χ0) is 13.6. The van der Waals surface area contributed by atoms with Crippen molar-refractivity contribution in [1.29, 1.82) is 0 Å². The molecule has 18 heavy (non-hydrogen) atoms. The van der Waals surface area contributed by atoms with E-state index < -0.39 is 28.9 Å². The molecule has 0 saturated heterocycles. The van der Waals surface area contributed by atoms with Crippen molar-refractivity contribution < 1.29 is 25.3 Å². The molecule has 0 heterocycles. The SMILES string of the molecule is Cl.O=S(=O)(Cl)Cl.O=S(=O)=C1C=CC(=S(=O)=O)C=C1. The second-order valence-corrected chi connectivity index (χ2v) is 7.87. The molecule has 0 radical (unpaired) electrons. The van der Waals surface area contributed by atoms with Crippen LogP contribution in [0.5, 0.6) is 0 Å². The van der Waals surface area contributed by atoms with E-state index in [1.54, 1.807) is 0 Å². The summed E-state index contributed by atoms with van der Waals surface area (Å²) in [6, 6.07) is 0. The van der Waals surface area contributed by atoms with Crippen molar-refractivity contribution in [3.05, 3.63) is 24.3 Å². The van der Waals surface area contributed by atoms with Gasteiger partial charge in [-0.1, -0.05) is 0 Å². The molecule has 0 aromatic heterocycles. The second-order valence-electron chi connectivity index (χ2n) is 2.32. The Balaban J connectivity index is 0. The van der Waals surface area contributed by atoms with Crippen molar-refractivity contribution in [2.45, 2.75) is 0 Å². The van der Waals surface area contributed by atoms with Gasteiger partial charge >= 0.3 is 8.26 Å². The summed E-state index contributed by atoms with van der Waals surface area (Å²) in [6.07, 6.45) is 4.92. The van der Waals surface area contributed by atoms with Gasteiger partial charge in [0.2, 0.25) is 20.6 Å². The predicted molar refractivity (Wildman–Crippen MR) is 74.0 cm³/mol. The molecule has 0 unspecified atom stereocenters. The fourth-order valence-electron chi connectivity index (χ4n) is 0.662. The number of halogens is 3. The third-order valence-corrected chi connectivity index (χ3v) is 2.52. The van der Waals surface area contributed by atoms with Crippen LogP contribution in [0.4, 0.5) is 0 Å². The first-order valence-electron chi connectivity index (χ1n) is 3.54. The van der Waals surface area contributed by atoms with Crippen LogP contribution in [0, 0.1) is 0 Å². The molecular formula is C6H5Cl3O6S3. The summed E-state index contributed by atoms with van der Waals surface area (Å²) in [5, 5.41) is 0. The third kappa shape index (κ3) is 10.8. The first-order chi connectivity index (χ1) is 7.61.